The molecule has 2 N–H and O–H groups in total. The molecule has 1 aromatic carbocycles. The summed E-state index contributed by atoms with van der Waals surface area (Å²) in [7, 11) is 0. The Bertz CT molecular complexity index is 466. The lowest BCUT2D eigenvalue weighted by atomic mass is 10.1. The van der Waals surface area contributed by atoms with Gasteiger partial charge in [0.25, 0.3) is 0 Å². The van der Waals surface area contributed by atoms with Crippen molar-refractivity contribution in [3.05, 3.63) is 48.0 Å². The zero-order valence-electron chi connectivity index (χ0n) is 9.97. The van der Waals surface area contributed by atoms with Crippen LogP contribution in [0.4, 0.5) is 0 Å². The molecule has 0 aliphatic rings. The number of rotatable bonds is 5. The summed E-state index contributed by atoms with van der Waals surface area (Å²) in [4.78, 5) is 3.99. The first kappa shape index (κ1) is 11.7. The lowest BCUT2D eigenvalue weighted by molar-refractivity contribution is 0.293. The van der Waals surface area contributed by atoms with Crippen LogP contribution in [0.15, 0.2) is 36.9 Å². The van der Waals surface area contributed by atoms with E-state index in [1.165, 1.54) is 0 Å². The molecule has 0 spiro atoms. The van der Waals surface area contributed by atoms with Crippen molar-refractivity contribution >= 4 is 0 Å². The van der Waals surface area contributed by atoms with E-state index in [4.69, 9.17) is 10.5 Å². The van der Waals surface area contributed by atoms with Crippen LogP contribution in [0.25, 0.3) is 0 Å². The molecule has 17 heavy (non-hydrogen) atoms. The predicted octanol–water partition coefficient (Wildman–Crippen LogP) is 1.73. The minimum atomic E-state index is 0.502. The fourth-order valence-corrected chi connectivity index (χ4v) is 1.75. The Balaban J connectivity index is 1.98. The number of aryl methyl sites for hydroxylation is 1. The van der Waals surface area contributed by atoms with Crippen LogP contribution in [0.2, 0.25) is 0 Å². The van der Waals surface area contributed by atoms with E-state index in [0.717, 1.165) is 23.4 Å². The van der Waals surface area contributed by atoms with E-state index < -0.39 is 0 Å². The molecule has 0 radical (unpaired) electrons. The number of imidazole rings is 1. The van der Waals surface area contributed by atoms with Gasteiger partial charge in [-0.3, -0.25) is 0 Å². The maximum atomic E-state index is 5.80. The Labute approximate surface area is 101 Å². The highest BCUT2D eigenvalue weighted by Crippen LogP contribution is 2.22. The average Bonchev–Trinajstić information content (AvgIpc) is 2.84. The summed E-state index contributed by atoms with van der Waals surface area (Å²) in [6.45, 7) is 3.94. The van der Waals surface area contributed by atoms with Crippen molar-refractivity contribution in [2.24, 2.45) is 5.73 Å². The summed E-state index contributed by atoms with van der Waals surface area (Å²) in [5.74, 6) is 0.912. The van der Waals surface area contributed by atoms with Crippen LogP contribution in [-0.2, 0) is 13.1 Å². The third kappa shape index (κ3) is 2.85. The SMILES string of the molecule is Cc1cccc(CN)c1OCCn1ccnc1. The number of ether oxygens (including phenoxy) is 1. The molecule has 0 saturated carbocycles. The lowest BCUT2D eigenvalue weighted by Gasteiger charge is -2.13. The standard InChI is InChI=1S/C13H17N3O/c1-11-3-2-4-12(9-14)13(11)17-8-7-16-6-5-15-10-16/h2-6,10H,7-9,14H2,1H3. The molecule has 0 amide bonds. The number of benzene rings is 1. The molecule has 2 rings (SSSR count). The van der Waals surface area contributed by atoms with Crippen LogP contribution in [0.5, 0.6) is 5.75 Å². The molecule has 1 heterocycles. The van der Waals surface area contributed by atoms with Crippen LogP contribution in [-0.4, -0.2) is 16.2 Å². The fourth-order valence-electron chi connectivity index (χ4n) is 1.75. The minimum absolute atomic E-state index is 0.502. The largest absolute Gasteiger partial charge is 0.491 e. The molecule has 0 atom stereocenters. The summed E-state index contributed by atoms with van der Waals surface area (Å²) in [5, 5.41) is 0. The first-order chi connectivity index (χ1) is 8.31. The minimum Gasteiger partial charge on any atom is -0.491 e. The van der Waals surface area contributed by atoms with Gasteiger partial charge in [0, 0.05) is 24.5 Å². The second-order valence-corrected chi connectivity index (χ2v) is 3.92. The Morgan fingerprint density at radius 1 is 1.41 bits per heavy atom. The van der Waals surface area contributed by atoms with Crippen LogP contribution in [0.1, 0.15) is 11.1 Å². The number of nitrogens with two attached hydrogens (primary N) is 1. The van der Waals surface area contributed by atoms with E-state index in [2.05, 4.69) is 4.98 Å². The number of hydrogen-bond donors (Lipinski definition) is 1. The molecule has 90 valence electrons. The fraction of sp³-hybridized carbons (Fsp3) is 0.308. The van der Waals surface area contributed by atoms with Crippen molar-refractivity contribution in [2.75, 3.05) is 6.61 Å². The molecule has 0 fully saturated rings. The van der Waals surface area contributed by atoms with Crippen molar-refractivity contribution in [1.29, 1.82) is 0 Å². The van der Waals surface area contributed by atoms with E-state index in [1.54, 1.807) is 12.5 Å². The second-order valence-electron chi connectivity index (χ2n) is 3.92. The highest BCUT2D eigenvalue weighted by molar-refractivity contribution is 5.40. The molecular formula is C13H17N3O. The summed E-state index contributed by atoms with van der Waals surface area (Å²) in [6.07, 6.45) is 5.47. The first-order valence-electron chi connectivity index (χ1n) is 5.68. The number of para-hydroxylation sites is 1. The monoisotopic (exact) mass is 231 g/mol. The van der Waals surface area contributed by atoms with Gasteiger partial charge in [-0.15, -0.1) is 0 Å². The van der Waals surface area contributed by atoms with E-state index in [0.29, 0.717) is 13.2 Å². The third-order valence-corrected chi connectivity index (χ3v) is 2.67. The van der Waals surface area contributed by atoms with Gasteiger partial charge in [-0.05, 0) is 12.5 Å². The van der Waals surface area contributed by atoms with Gasteiger partial charge in [-0.2, -0.15) is 0 Å². The van der Waals surface area contributed by atoms with E-state index in [-0.39, 0.29) is 0 Å². The molecule has 0 bridgehead atoms. The molecule has 4 heteroatoms. The van der Waals surface area contributed by atoms with Crippen LogP contribution < -0.4 is 10.5 Å². The first-order valence-corrected chi connectivity index (χ1v) is 5.68. The smallest absolute Gasteiger partial charge is 0.126 e. The van der Waals surface area contributed by atoms with Crippen molar-refractivity contribution in [3.63, 3.8) is 0 Å². The van der Waals surface area contributed by atoms with Gasteiger partial charge < -0.3 is 15.0 Å². The molecule has 0 saturated heterocycles. The maximum absolute atomic E-state index is 5.80. The second kappa shape index (κ2) is 5.50. The normalized spacial score (nSPS) is 10.5. The Hall–Kier alpha value is -1.81. The molecule has 0 unspecified atom stereocenters. The highest BCUT2D eigenvalue weighted by atomic mass is 16.5. The van der Waals surface area contributed by atoms with E-state index in [9.17, 15) is 0 Å². The summed E-state index contributed by atoms with van der Waals surface area (Å²) in [6, 6.07) is 6.03. The van der Waals surface area contributed by atoms with Gasteiger partial charge in [0.15, 0.2) is 0 Å². The van der Waals surface area contributed by atoms with Crippen molar-refractivity contribution in [3.8, 4) is 5.75 Å². The molecular weight excluding hydrogens is 214 g/mol. The zero-order chi connectivity index (χ0) is 12.1. The highest BCUT2D eigenvalue weighted by Gasteiger charge is 2.05. The van der Waals surface area contributed by atoms with Gasteiger partial charge in [0.2, 0.25) is 0 Å². The maximum Gasteiger partial charge on any atom is 0.126 e. The summed E-state index contributed by atoms with van der Waals surface area (Å²) < 4.78 is 7.79. The van der Waals surface area contributed by atoms with E-state index >= 15 is 0 Å². The lowest BCUT2D eigenvalue weighted by Crippen LogP contribution is -2.09. The molecule has 2 aromatic rings. The number of aromatic nitrogens is 2. The van der Waals surface area contributed by atoms with Crippen LogP contribution >= 0.6 is 0 Å². The van der Waals surface area contributed by atoms with Crippen molar-refractivity contribution in [1.82, 2.24) is 9.55 Å². The number of nitrogens with zero attached hydrogens (tertiary/aromatic N) is 2. The summed E-state index contributed by atoms with van der Waals surface area (Å²) >= 11 is 0. The quantitative estimate of drug-likeness (QED) is 0.852. The Morgan fingerprint density at radius 3 is 3.00 bits per heavy atom. The zero-order valence-corrected chi connectivity index (χ0v) is 9.97. The van der Waals surface area contributed by atoms with Gasteiger partial charge in [0.05, 0.1) is 12.9 Å². The molecule has 0 aliphatic carbocycles. The average molecular weight is 231 g/mol. The van der Waals surface area contributed by atoms with E-state index in [1.807, 2.05) is 35.9 Å². The van der Waals surface area contributed by atoms with Crippen LogP contribution in [0.3, 0.4) is 0 Å². The van der Waals surface area contributed by atoms with Gasteiger partial charge in [-0.1, -0.05) is 18.2 Å². The predicted molar refractivity (Wildman–Crippen MR) is 66.8 cm³/mol. The third-order valence-electron chi connectivity index (χ3n) is 2.67. The van der Waals surface area contributed by atoms with Crippen molar-refractivity contribution < 1.29 is 4.74 Å². The molecule has 4 nitrogen and oxygen atoms in total. The Kier molecular flexibility index (Phi) is 3.77. The van der Waals surface area contributed by atoms with Crippen molar-refractivity contribution in [2.45, 2.75) is 20.0 Å². The van der Waals surface area contributed by atoms with Gasteiger partial charge >= 0.3 is 0 Å². The topological polar surface area (TPSA) is 53.1 Å². The van der Waals surface area contributed by atoms with Gasteiger partial charge in [0.1, 0.15) is 12.4 Å². The van der Waals surface area contributed by atoms with Crippen LogP contribution in [0, 0.1) is 6.92 Å². The Morgan fingerprint density at radius 2 is 2.29 bits per heavy atom. The molecule has 0 aliphatic heterocycles. The van der Waals surface area contributed by atoms with Gasteiger partial charge in [-0.25, -0.2) is 4.98 Å². The number of hydrogen-bond acceptors (Lipinski definition) is 3. The molecule has 1 aromatic heterocycles. The summed E-state index contributed by atoms with van der Waals surface area (Å²) in [5.41, 5.74) is 7.87.